The number of ether oxygens (including phenoxy) is 1. The van der Waals surface area contributed by atoms with Gasteiger partial charge in [0.1, 0.15) is 10.6 Å². The van der Waals surface area contributed by atoms with Crippen molar-refractivity contribution >= 4 is 15.9 Å². The van der Waals surface area contributed by atoms with Crippen LogP contribution in [0.1, 0.15) is 17.3 Å². The van der Waals surface area contributed by atoms with Crippen molar-refractivity contribution in [2.45, 2.75) is 18.2 Å². The average molecular weight is 265 g/mol. The Bertz CT molecular complexity index is 274. The van der Waals surface area contributed by atoms with E-state index in [9.17, 15) is 8.78 Å². The zero-order chi connectivity index (χ0) is 10.6. The van der Waals surface area contributed by atoms with E-state index in [0.29, 0.717) is 17.9 Å². The first-order valence-corrected chi connectivity index (χ1v) is 5.21. The van der Waals surface area contributed by atoms with Crippen LogP contribution in [0.3, 0.4) is 0 Å². The number of hydrogen-bond acceptors (Lipinski definition) is 1. The second-order valence-corrected chi connectivity index (χ2v) is 3.72. The van der Waals surface area contributed by atoms with Crippen molar-refractivity contribution in [3.05, 3.63) is 29.8 Å². The topological polar surface area (TPSA) is 9.23 Å². The molecule has 0 saturated carbocycles. The molecule has 0 radical (unpaired) electrons. The van der Waals surface area contributed by atoms with E-state index in [-0.39, 0.29) is 0 Å². The lowest BCUT2D eigenvalue weighted by Gasteiger charge is -2.09. The highest BCUT2D eigenvalue weighted by Crippen LogP contribution is 2.30. The van der Waals surface area contributed by atoms with Gasteiger partial charge in [-0.1, -0.05) is 28.1 Å². The summed E-state index contributed by atoms with van der Waals surface area (Å²) in [7, 11) is 0. The van der Waals surface area contributed by atoms with Gasteiger partial charge in [-0.05, 0) is 24.6 Å². The van der Waals surface area contributed by atoms with Gasteiger partial charge >= 0.3 is 0 Å². The molecule has 0 fully saturated rings. The molecule has 1 nitrogen and oxygen atoms in total. The van der Waals surface area contributed by atoms with Crippen LogP contribution in [-0.4, -0.2) is 13.0 Å². The quantitative estimate of drug-likeness (QED) is 0.752. The van der Waals surface area contributed by atoms with Gasteiger partial charge in [0.2, 0.25) is 0 Å². The van der Waals surface area contributed by atoms with Crippen molar-refractivity contribution < 1.29 is 13.5 Å². The van der Waals surface area contributed by atoms with Crippen molar-refractivity contribution in [2.24, 2.45) is 0 Å². The SMILES string of the molecule is CCOc1ccc(C(Br)C(F)F)cc1. The van der Waals surface area contributed by atoms with Gasteiger partial charge in [0, 0.05) is 0 Å². The molecule has 1 aromatic rings. The van der Waals surface area contributed by atoms with Crippen molar-refractivity contribution in [3.63, 3.8) is 0 Å². The van der Waals surface area contributed by atoms with Gasteiger partial charge in [0.25, 0.3) is 6.43 Å². The van der Waals surface area contributed by atoms with E-state index in [1.807, 2.05) is 6.92 Å². The maximum Gasteiger partial charge on any atom is 0.255 e. The van der Waals surface area contributed by atoms with E-state index in [2.05, 4.69) is 15.9 Å². The summed E-state index contributed by atoms with van der Waals surface area (Å²) in [6.07, 6.45) is -2.40. The lowest BCUT2D eigenvalue weighted by Crippen LogP contribution is -2.01. The van der Waals surface area contributed by atoms with Gasteiger partial charge < -0.3 is 4.74 Å². The van der Waals surface area contributed by atoms with Gasteiger partial charge in [0.05, 0.1) is 6.61 Å². The second-order valence-electron chi connectivity index (χ2n) is 2.74. The van der Waals surface area contributed by atoms with E-state index < -0.39 is 11.3 Å². The molecule has 0 aliphatic carbocycles. The van der Waals surface area contributed by atoms with Gasteiger partial charge in [-0.3, -0.25) is 0 Å². The van der Waals surface area contributed by atoms with Gasteiger partial charge in [0.15, 0.2) is 0 Å². The van der Waals surface area contributed by atoms with E-state index in [4.69, 9.17) is 4.74 Å². The molecule has 0 bridgehead atoms. The highest BCUT2D eigenvalue weighted by molar-refractivity contribution is 9.09. The smallest absolute Gasteiger partial charge is 0.255 e. The molecule has 78 valence electrons. The summed E-state index contributed by atoms with van der Waals surface area (Å²) in [5, 5.41) is 0. The predicted molar refractivity (Wildman–Crippen MR) is 55.3 cm³/mol. The van der Waals surface area contributed by atoms with Crippen LogP contribution >= 0.6 is 15.9 Å². The lowest BCUT2D eigenvalue weighted by atomic mass is 10.1. The van der Waals surface area contributed by atoms with Crippen LogP contribution in [-0.2, 0) is 0 Å². The first kappa shape index (κ1) is 11.4. The van der Waals surface area contributed by atoms with Crippen LogP contribution in [0.4, 0.5) is 8.78 Å². The van der Waals surface area contributed by atoms with E-state index in [1.54, 1.807) is 24.3 Å². The number of benzene rings is 1. The minimum atomic E-state index is -2.40. The fourth-order valence-corrected chi connectivity index (χ4v) is 1.37. The van der Waals surface area contributed by atoms with E-state index in [0.717, 1.165) is 0 Å². The summed E-state index contributed by atoms with van der Waals surface area (Å²) < 4.78 is 29.8. The molecule has 4 heteroatoms. The summed E-state index contributed by atoms with van der Waals surface area (Å²) >= 11 is 2.92. The van der Waals surface area contributed by atoms with Crippen molar-refractivity contribution in [3.8, 4) is 5.75 Å². The molecule has 0 spiro atoms. The van der Waals surface area contributed by atoms with Crippen molar-refractivity contribution in [1.82, 2.24) is 0 Å². The molecule has 0 amide bonds. The Kier molecular flexibility index (Phi) is 4.32. The third-order valence-electron chi connectivity index (χ3n) is 1.73. The Morgan fingerprint density at radius 3 is 2.29 bits per heavy atom. The third kappa shape index (κ3) is 2.94. The van der Waals surface area contributed by atoms with Crippen LogP contribution in [0.5, 0.6) is 5.75 Å². The second kappa shape index (κ2) is 5.29. The number of rotatable bonds is 4. The fraction of sp³-hybridized carbons (Fsp3) is 0.400. The standard InChI is InChI=1S/C10H11BrF2O/c1-2-14-8-5-3-7(4-6-8)9(11)10(12)13/h3-6,9-10H,2H2,1H3. The average Bonchev–Trinajstić information content (AvgIpc) is 2.18. The number of hydrogen-bond donors (Lipinski definition) is 0. The van der Waals surface area contributed by atoms with Gasteiger partial charge in [-0.25, -0.2) is 8.78 Å². The number of alkyl halides is 3. The van der Waals surface area contributed by atoms with Crippen LogP contribution in [0.25, 0.3) is 0 Å². The van der Waals surface area contributed by atoms with Crippen LogP contribution < -0.4 is 4.74 Å². The van der Waals surface area contributed by atoms with E-state index >= 15 is 0 Å². The molecule has 0 heterocycles. The van der Waals surface area contributed by atoms with Crippen molar-refractivity contribution in [2.75, 3.05) is 6.61 Å². The number of halogens is 3. The molecular formula is C10H11BrF2O. The predicted octanol–water partition coefficient (Wildman–Crippen LogP) is 3.79. The third-order valence-corrected chi connectivity index (χ3v) is 2.66. The van der Waals surface area contributed by atoms with Crippen molar-refractivity contribution in [1.29, 1.82) is 0 Å². The molecule has 1 atom stereocenters. The van der Waals surface area contributed by atoms with Crippen LogP contribution in [0.2, 0.25) is 0 Å². The zero-order valence-corrected chi connectivity index (χ0v) is 9.30. The monoisotopic (exact) mass is 264 g/mol. The molecular weight excluding hydrogens is 254 g/mol. The largest absolute Gasteiger partial charge is 0.494 e. The summed E-state index contributed by atoms with van der Waals surface area (Å²) in [5.41, 5.74) is 0.559. The normalized spacial score (nSPS) is 12.9. The Labute approximate surface area is 90.2 Å². The van der Waals surface area contributed by atoms with Gasteiger partial charge in [-0.2, -0.15) is 0 Å². The Balaban J connectivity index is 2.72. The summed E-state index contributed by atoms with van der Waals surface area (Å²) in [6.45, 7) is 2.45. The zero-order valence-electron chi connectivity index (χ0n) is 7.71. The fourth-order valence-electron chi connectivity index (χ4n) is 1.06. The first-order chi connectivity index (χ1) is 6.65. The minimum absolute atomic E-state index is 0.559. The lowest BCUT2D eigenvalue weighted by molar-refractivity contribution is 0.147. The molecule has 0 aliphatic heterocycles. The molecule has 1 aromatic carbocycles. The summed E-state index contributed by atoms with van der Waals surface area (Å²) in [6, 6.07) is 6.65. The summed E-state index contributed by atoms with van der Waals surface area (Å²) in [4.78, 5) is -0.904. The van der Waals surface area contributed by atoms with Crippen LogP contribution in [0, 0.1) is 0 Å². The Morgan fingerprint density at radius 2 is 1.86 bits per heavy atom. The molecule has 0 aromatic heterocycles. The highest BCUT2D eigenvalue weighted by atomic mass is 79.9. The molecule has 14 heavy (non-hydrogen) atoms. The van der Waals surface area contributed by atoms with E-state index in [1.165, 1.54) is 0 Å². The molecule has 0 N–H and O–H groups in total. The molecule has 1 rings (SSSR count). The summed E-state index contributed by atoms with van der Waals surface area (Å²) in [5.74, 6) is 0.699. The Morgan fingerprint density at radius 1 is 1.29 bits per heavy atom. The first-order valence-electron chi connectivity index (χ1n) is 4.30. The molecule has 0 aliphatic rings. The maximum absolute atomic E-state index is 12.3. The maximum atomic E-state index is 12.3. The highest BCUT2D eigenvalue weighted by Gasteiger charge is 2.18. The van der Waals surface area contributed by atoms with Gasteiger partial charge in [-0.15, -0.1) is 0 Å². The van der Waals surface area contributed by atoms with Crippen LogP contribution in [0.15, 0.2) is 24.3 Å². The molecule has 1 unspecified atom stereocenters. The minimum Gasteiger partial charge on any atom is -0.494 e. The Hall–Kier alpha value is -0.640. The molecule has 0 saturated heterocycles.